The maximum atomic E-state index is 12.7. The van der Waals surface area contributed by atoms with Crippen LogP contribution in [0.15, 0.2) is 42.5 Å². The first kappa shape index (κ1) is 22.9. The van der Waals surface area contributed by atoms with Crippen LogP contribution in [0.4, 0.5) is 5.69 Å². The lowest BCUT2D eigenvalue weighted by atomic mass is 10.0. The summed E-state index contributed by atoms with van der Waals surface area (Å²) in [6.07, 6.45) is 5.74. The van der Waals surface area contributed by atoms with Crippen molar-refractivity contribution in [3.63, 3.8) is 0 Å². The zero-order chi connectivity index (χ0) is 22.4. The molecule has 3 N–H and O–H groups in total. The van der Waals surface area contributed by atoms with Crippen molar-refractivity contribution in [1.29, 1.82) is 0 Å². The molecule has 0 aromatic heterocycles. The molecule has 0 aliphatic carbocycles. The molecule has 1 fully saturated rings. The first-order chi connectivity index (χ1) is 14.8. The molecule has 0 saturated carbocycles. The van der Waals surface area contributed by atoms with Gasteiger partial charge in [0.15, 0.2) is 6.10 Å². The van der Waals surface area contributed by atoms with E-state index in [1.165, 1.54) is 5.56 Å². The van der Waals surface area contributed by atoms with Crippen molar-refractivity contribution in [1.82, 2.24) is 10.2 Å². The number of piperidine rings is 1. The molecule has 1 aliphatic rings. The minimum atomic E-state index is -0.548. The van der Waals surface area contributed by atoms with Gasteiger partial charge in [0.25, 0.3) is 5.91 Å². The summed E-state index contributed by atoms with van der Waals surface area (Å²) in [4.78, 5) is 15.1. The number of hydrogen-bond acceptors (Lipinski definition) is 4. The first-order valence-corrected chi connectivity index (χ1v) is 11.1. The second-order valence-electron chi connectivity index (χ2n) is 8.51. The van der Waals surface area contributed by atoms with Crippen LogP contribution in [0, 0.1) is 20.8 Å². The monoisotopic (exact) mass is 421 g/mol. The molecule has 2 aromatic carbocycles. The van der Waals surface area contributed by atoms with Crippen LogP contribution in [0.1, 0.15) is 42.0 Å². The summed E-state index contributed by atoms with van der Waals surface area (Å²) in [7, 11) is 0. The molecule has 5 nitrogen and oxygen atoms in total. The van der Waals surface area contributed by atoms with Gasteiger partial charge in [0, 0.05) is 31.4 Å². The number of nitrogens with two attached hydrogens (primary N) is 1. The highest BCUT2D eigenvalue weighted by Crippen LogP contribution is 2.30. The Bertz CT molecular complexity index is 916. The molecule has 1 amide bonds. The van der Waals surface area contributed by atoms with Crippen LogP contribution in [0.3, 0.4) is 0 Å². The number of carbonyl (C=O) groups excluding carboxylic acids is 1. The highest BCUT2D eigenvalue weighted by Gasteiger charge is 2.24. The second kappa shape index (κ2) is 10.5. The van der Waals surface area contributed by atoms with Crippen molar-refractivity contribution in [3.05, 3.63) is 64.7 Å². The number of likely N-dealkylation sites (tertiary alicyclic amines) is 1. The molecule has 2 aromatic rings. The lowest BCUT2D eigenvalue weighted by Crippen LogP contribution is -2.48. The van der Waals surface area contributed by atoms with Gasteiger partial charge in [-0.3, -0.25) is 9.69 Å². The van der Waals surface area contributed by atoms with Crippen LogP contribution >= 0.6 is 0 Å². The van der Waals surface area contributed by atoms with Gasteiger partial charge >= 0.3 is 0 Å². The zero-order valence-corrected chi connectivity index (χ0v) is 19.2. The number of hydrogen-bond donors (Lipinski definition) is 2. The van der Waals surface area contributed by atoms with Crippen LogP contribution in [0.25, 0.3) is 6.08 Å². The van der Waals surface area contributed by atoms with Crippen LogP contribution in [0.2, 0.25) is 0 Å². The van der Waals surface area contributed by atoms with Crippen LogP contribution < -0.4 is 15.8 Å². The number of rotatable bonds is 7. The zero-order valence-electron chi connectivity index (χ0n) is 19.2. The normalized spacial score (nSPS) is 16.4. The van der Waals surface area contributed by atoms with Gasteiger partial charge in [-0.05, 0) is 68.9 Å². The molecule has 0 bridgehead atoms. The molecular formula is C26H35N3O2. The van der Waals surface area contributed by atoms with E-state index >= 15 is 0 Å². The summed E-state index contributed by atoms with van der Waals surface area (Å²) < 4.78 is 5.99. The molecule has 0 radical (unpaired) electrons. The number of ether oxygens (including phenoxy) is 1. The van der Waals surface area contributed by atoms with Gasteiger partial charge in [-0.25, -0.2) is 0 Å². The van der Waals surface area contributed by atoms with Crippen molar-refractivity contribution >= 4 is 17.7 Å². The molecule has 1 atom stereocenters. The highest BCUT2D eigenvalue weighted by molar-refractivity contribution is 5.81. The molecule has 1 saturated heterocycles. The summed E-state index contributed by atoms with van der Waals surface area (Å²) in [5.74, 6) is 0.667. The van der Waals surface area contributed by atoms with Crippen molar-refractivity contribution < 1.29 is 9.53 Å². The highest BCUT2D eigenvalue weighted by atomic mass is 16.5. The Hall–Kier alpha value is -2.79. The van der Waals surface area contributed by atoms with Crippen LogP contribution in [-0.2, 0) is 4.79 Å². The average molecular weight is 422 g/mol. The predicted molar refractivity (Wildman–Crippen MR) is 128 cm³/mol. The maximum absolute atomic E-state index is 12.7. The van der Waals surface area contributed by atoms with Crippen molar-refractivity contribution in [2.24, 2.45) is 0 Å². The van der Waals surface area contributed by atoms with Gasteiger partial charge in [-0.2, -0.15) is 0 Å². The minimum absolute atomic E-state index is 0.0612. The van der Waals surface area contributed by atoms with E-state index in [1.807, 2.05) is 32.9 Å². The second-order valence-corrected chi connectivity index (χ2v) is 8.51. The van der Waals surface area contributed by atoms with Gasteiger partial charge in [-0.15, -0.1) is 0 Å². The van der Waals surface area contributed by atoms with Crippen LogP contribution in [-0.4, -0.2) is 42.6 Å². The summed E-state index contributed by atoms with van der Waals surface area (Å²) in [5, 5.41) is 3.17. The maximum Gasteiger partial charge on any atom is 0.260 e. The van der Waals surface area contributed by atoms with Gasteiger partial charge in [0.2, 0.25) is 0 Å². The predicted octanol–water partition coefficient (Wildman–Crippen LogP) is 4.26. The van der Waals surface area contributed by atoms with E-state index in [1.54, 1.807) is 6.92 Å². The third kappa shape index (κ3) is 6.11. The number of aryl methyl sites for hydroxylation is 1. The fraction of sp³-hybridized carbons (Fsp3) is 0.423. The lowest BCUT2D eigenvalue weighted by molar-refractivity contribution is -0.128. The van der Waals surface area contributed by atoms with Crippen molar-refractivity contribution in [2.45, 2.75) is 52.7 Å². The number of carbonyl (C=O) groups is 1. The Morgan fingerprint density at radius 2 is 1.87 bits per heavy atom. The van der Waals surface area contributed by atoms with E-state index in [9.17, 15) is 4.79 Å². The summed E-state index contributed by atoms with van der Waals surface area (Å²) >= 11 is 0. The van der Waals surface area contributed by atoms with E-state index in [-0.39, 0.29) is 11.9 Å². The van der Waals surface area contributed by atoms with Gasteiger partial charge in [0.1, 0.15) is 5.75 Å². The van der Waals surface area contributed by atoms with E-state index in [2.05, 4.69) is 46.6 Å². The number of benzene rings is 2. The molecule has 166 valence electrons. The number of amides is 1. The van der Waals surface area contributed by atoms with Crippen molar-refractivity contribution in [3.8, 4) is 5.75 Å². The summed E-state index contributed by atoms with van der Waals surface area (Å²) in [6, 6.07) is 12.5. The molecule has 1 aliphatic heterocycles. The number of nitrogens with one attached hydrogen (secondary N) is 1. The largest absolute Gasteiger partial charge is 0.481 e. The van der Waals surface area contributed by atoms with Gasteiger partial charge < -0.3 is 15.8 Å². The Labute approximate surface area is 186 Å². The molecule has 5 heteroatoms. The Kier molecular flexibility index (Phi) is 7.75. The Morgan fingerprint density at radius 3 is 2.55 bits per heavy atom. The average Bonchev–Trinajstić information content (AvgIpc) is 2.77. The minimum Gasteiger partial charge on any atom is -0.481 e. The molecule has 3 rings (SSSR count). The third-order valence-corrected chi connectivity index (χ3v) is 6.19. The topological polar surface area (TPSA) is 67.6 Å². The van der Waals surface area contributed by atoms with E-state index < -0.39 is 6.10 Å². The summed E-state index contributed by atoms with van der Waals surface area (Å²) in [5.41, 5.74) is 11.1. The number of anilines is 1. The Balaban J connectivity index is 1.45. The molecule has 1 heterocycles. The van der Waals surface area contributed by atoms with E-state index in [4.69, 9.17) is 10.5 Å². The summed E-state index contributed by atoms with van der Waals surface area (Å²) in [6.45, 7) is 10.6. The Morgan fingerprint density at radius 1 is 1.19 bits per heavy atom. The first-order valence-electron chi connectivity index (χ1n) is 11.1. The van der Waals surface area contributed by atoms with Crippen molar-refractivity contribution in [2.75, 3.05) is 25.4 Å². The lowest BCUT2D eigenvalue weighted by Gasteiger charge is -2.32. The van der Waals surface area contributed by atoms with E-state index in [0.29, 0.717) is 0 Å². The smallest absolute Gasteiger partial charge is 0.260 e. The molecule has 0 spiro atoms. The quantitative estimate of drug-likeness (QED) is 0.656. The van der Waals surface area contributed by atoms with E-state index in [0.717, 1.165) is 60.6 Å². The third-order valence-electron chi connectivity index (χ3n) is 6.19. The SMILES string of the molecule is Cc1cc(OC(C)C(=O)NC2CCN(C/C=C/c3ccccc3)CC2)c(C)c(C)c1N. The van der Waals surface area contributed by atoms with Crippen LogP contribution in [0.5, 0.6) is 5.75 Å². The van der Waals surface area contributed by atoms with Gasteiger partial charge in [-0.1, -0.05) is 42.5 Å². The fourth-order valence-electron chi connectivity index (χ4n) is 3.91. The standard InChI is InChI=1S/C26H35N3O2/c1-18-17-24(19(2)20(3)25(18)27)31-21(4)26(30)28-23-12-15-29(16-13-23)14-8-11-22-9-6-5-7-10-22/h5-11,17,21,23H,12-16,27H2,1-4H3,(H,28,30)/b11-8+. The molecule has 1 unspecified atom stereocenters. The molecule has 31 heavy (non-hydrogen) atoms. The number of nitrogen functional groups attached to an aromatic ring is 1. The fourth-order valence-corrected chi connectivity index (χ4v) is 3.91. The number of nitrogens with zero attached hydrogens (tertiary/aromatic N) is 1. The molecular weight excluding hydrogens is 386 g/mol. The van der Waals surface area contributed by atoms with Gasteiger partial charge in [0.05, 0.1) is 0 Å².